The molecule has 0 radical (unpaired) electrons. The van der Waals surface area contributed by atoms with Crippen LogP contribution in [0.25, 0.3) is 0 Å². The summed E-state index contributed by atoms with van der Waals surface area (Å²) in [6, 6.07) is 4.57. The van der Waals surface area contributed by atoms with E-state index in [-0.39, 0.29) is 11.1 Å². The maximum Gasteiger partial charge on any atom is 0.151 e. The molecular formula is C9H5NO2S. The monoisotopic (exact) mass is 191 g/mol. The molecule has 4 heteroatoms. The van der Waals surface area contributed by atoms with Gasteiger partial charge in [-0.1, -0.05) is 0 Å². The summed E-state index contributed by atoms with van der Waals surface area (Å²) < 4.78 is 0. The normalized spacial score (nSPS) is 8.92. The van der Waals surface area contributed by atoms with E-state index >= 15 is 0 Å². The Morgan fingerprint density at radius 1 is 1.23 bits per heavy atom. The Bertz CT molecular complexity index is 407. The van der Waals surface area contributed by atoms with E-state index in [1.54, 1.807) is 0 Å². The summed E-state index contributed by atoms with van der Waals surface area (Å²) in [6.45, 7) is 0. The molecule has 0 fully saturated rings. The molecule has 0 aliphatic heterocycles. The van der Waals surface area contributed by atoms with Crippen LogP contribution in [0.2, 0.25) is 0 Å². The van der Waals surface area contributed by atoms with E-state index in [1.807, 2.05) is 6.07 Å². The van der Waals surface area contributed by atoms with Gasteiger partial charge in [0.15, 0.2) is 12.6 Å². The molecule has 0 N–H and O–H groups in total. The van der Waals surface area contributed by atoms with Crippen molar-refractivity contribution in [1.82, 2.24) is 0 Å². The fraction of sp³-hybridized carbons (Fsp3) is 0. The fourth-order valence-corrected chi connectivity index (χ4v) is 1.17. The van der Waals surface area contributed by atoms with Crippen molar-refractivity contribution in [2.45, 2.75) is 4.90 Å². The number of thiol groups is 1. The zero-order chi connectivity index (χ0) is 9.84. The summed E-state index contributed by atoms with van der Waals surface area (Å²) in [7, 11) is 0. The van der Waals surface area contributed by atoms with Crippen LogP contribution in [0.1, 0.15) is 26.3 Å². The van der Waals surface area contributed by atoms with Crippen molar-refractivity contribution in [1.29, 1.82) is 5.26 Å². The molecule has 0 saturated carbocycles. The van der Waals surface area contributed by atoms with Crippen molar-refractivity contribution in [3.05, 3.63) is 28.8 Å². The van der Waals surface area contributed by atoms with Gasteiger partial charge in [-0.2, -0.15) is 5.26 Å². The minimum atomic E-state index is 0.190. The molecule has 0 aliphatic rings. The van der Waals surface area contributed by atoms with Crippen LogP contribution >= 0.6 is 12.6 Å². The predicted molar refractivity (Wildman–Crippen MR) is 49.2 cm³/mol. The third-order valence-corrected chi connectivity index (χ3v) is 1.96. The van der Waals surface area contributed by atoms with E-state index in [0.29, 0.717) is 23.0 Å². The lowest BCUT2D eigenvalue weighted by Crippen LogP contribution is -1.92. The van der Waals surface area contributed by atoms with E-state index < -0.39 is 0 Å². The Morgan fingerprint density at radius 3 is 2.31 bits per heavy atom. The highest BCUT2D eigenvalue weighted by atomic mass is 32.1. The third-order valence-electron chi connectivity index (χ3n) is 1.57. The summed E-state index contributed by atoms with van der Waals surface area (Å²) in [5.41, 5.74) is 0.749. The Morgan fingerprint density at radius 2 is 1.85 bits per heavy atom. The van der Waals surface area contributed by atoms with Crippen molar-refractivity contribution in [2.75, 3.05) is 0 Å². The van der Waals surface area contributed by atoms with Crippen LogP contribution in [0.3, 0.4) is 0 Å². The minimum Gasteiger partial charge on any atom is -0.298 e. The standard InChI is InChI=1S/C9H5NO2S/c10-3-6-1-8(5-12)9(13)2-7(6)4-11/h1-2,4-5,13H. The van der Waals surface area contributed by atoms with Crippen LogP contribution < -0.4 is 0 Å². The van der Waals surface area contributed by atoms with Gasteiger partial charge in [0.1, 0.15) is 0 Å². The van der Waals surface area contributed by atoms with Crippen LogP contribution in [0.15, 0.2) is 17.0 Å². The van der Waals surface area contributed by atoms with Crippen LogP contribution in [-0.4, -0.2) is 12.6 Å². The Hall–Kier alpha value is -1.60. The molecule has 64 valence electrons. The van der Waals surface area contributed by atoms with Gasteiger partial charge in [-0.15, -0.1) is 12.6 Å². The topological polar surface area (TPSA) is 57.9 Å². The number of nitrogens with zero attached hydrogens (tertiary/aromatic N) is 1. The molecule has 0 saturated heterocycles. The van der Waals surface area contributed by atoms with Crippen molar-refractivity contribution in [3.63, 3.8) is 0 Å². The Balaban J connectivity index is 3.45. The molecule has 0 atom stereocenters. The van der Waals surface area contributed by atoms with Crippen molar-refractivity contribution < 1.29 is 9.59 Å². The molecule has 0 aromatic heterocycles. The molecule has 3 nitrogen and oxygen atoms in total. The second-order valence-corrected chi connectivity index (χ2v) is 2.83. The van der Waals surface area contributed by atoms with Crippen molar-refractivity contribution >= 4 is 25.2 Å². The van der Waals surface area contributed by atoms with Crippen LogP contribution in [0.4, 0.5) is 0 Å². The molecule has 0 bridgehead atoms. The van der Waals surface area contributed by atoms with Gasteiger partial charge in [0, 0.05) is 16.0 Å². The SMILES string of the molecule is N#Cc1cc(C=O)c(S)cc1C=O. The van der Waals surface area contributed by atoms with Gasteiger partial charge in [0.2, 0.25) is 0 Å². The maximum absolute atomic E-state index is 10.5. The molecule has 1 aromatic carbocycles. The summed E-state index contributed by atoms with van der Waals surface area (Å²) in [5.74, 6) is 0. The van der Waals surface area contributed by atoms with Gasteiger partial charge >= 0.3 is 0 Å². The van der Waals surface area contributed by atoms with Gasteiger partial charge in [-0.25, -0.2) is 0 Å². The summed E-state index contributed by atoms with van der Waals surface area (Å²) in [5, 5.41) is 8.61. The first-order valence-electron chi connectivity index (χ1n) is 3.40. The second-order valence-electron chi connectivity index (χ2n) is 2.35. The van der Waals surface area contributed by atoms with Gasteiger partial charge in [0.05, 0.1) is 11.6 Å². The summed E-state index contributed by atoms with van der Waals surface area (Å²) in [6.07, 6.45) is 1.16. The highest BCUT2D eigenvalue weighted by molar-refractivity contribution is 7.80. The van der Waals surface area contributed by atoms with E-state index in [1.165, 1.54) is 12.1 Å². The number of hydrogen-bond acceptors (Lipinski definition) is 4. The van der Waals surface area contributed by atoms with E-state index in [9.17, 15) is 9.59 Å². The second kappa shape index (κ2) is 3.87. The summed E-state index contributed by atoms with van der Waals surface area (Å²) in [4.78, 5) is 21.3. The van der Waals surface area contributed by atoms with Crippen LogP contribution in [0, 0.1) is 11.3 Å². The van der Waals surface area contributed by atoms with E-state index in [2.05, 4.69) is 12.6 Å². The number of carbonyl (C=O) groups is 2. The minimum absolute atomic E-state index is 0.190. The first kappa shape index (κ1) is 9.49. The quantitative estimate of drug-likeness (QED) is 0.569. The number of hydrogen-bond donors (Lipinski definition) is 1. The van der Waals surface area contributed by atoms with Gasteiger partial charge in [-0.3, -0.25) is 9.59 Å². The first-order valence-corrected chi connectivity index (χ1v) is 3.85. The number of aldehydes is 2. The Labute approximate surface area is 80.4 Å². The number of nitriles is 1. The largest absolute Gasteiger partial charge is 0.298 e. The molecular weight excluding hydrogens is 186 g/mol. The van der Waals surface area contributed by atoms with Gasteiger partial charge in [0.25, 0.3) is 0 Å². The van der Waals surface area contributed by atoms with Crippen LogP contribution in [-0.2, 0) is 0 Å². The van der Waals surface area contributed by atoms with E-state index in [0.717, 1.165) is 0 Å². The number of carbonyl (C=O) groups excluding carboxylic acids is 2. The van der Waals surface area contributed by atoms with Crippen LogP contribution in [0.5, 0.6) is 0 Å². The number of benzene rings is 1. The smallest absolute Gasteiger partial charge is 0.151 e. The lowest BCUT2D eigenvalue weighted by Gasteiger charge is -2.00. The molecule has 1 aromatic rings. The molecule has 0 unspecified atom stereocenters. The predicted octanol–water partition coefficient (Wildman–Crippen LogP) is 1.47. The van der Waals surface area contributed by atoms with Gasteiger partial charge in [-0.05, 0) is 12.1 Å². The zero-order valence-corrected chi connectivity index (χ0v) is 7.41. The molecule has 0 amide bonds. The fourth-order valence-electron chi connectivity index (χ4n) is 0.910. The molecule has 0 spiro atoms. The van der Waals surface area contributed by atoms with Gasteiger partial charge < -0.3 is 0 Å². The lowest BCUT2D eigenvalue weighted by molar-refractivity contribution is 0.111. The average molecular weight is 191 g/mol. The molecule has 1 rings (SSSR count). The lowest BCUT2D eigenvalue weighted by atomic mass is 10.1. The molecule has 0 aliphatic carbocycles. The highest BCUT2D eigenvalue weighted by Gasteiger charge is 2.05. The maximum atomic E-state index is 10.5. The highest BCUT2D eigenvalue weighted by Crippen LogP contribution is 2.17. The average Bonchev–Trinajstić information content (AvgIpc) is 2.17. The van der Waals surface area contributed by atoms with E-state index in [4.69, 9.17) is 5.26 Å². The zero-order valence-electron chi connectivity index (χ0n) is 6.52. The Kier molecular flexibility index (Phi) is 2.83. The number of rotatable bonds is 2. The van der Waals surface area contributed by atoms with Crippen molar-refractivity contribution in [3.8, 4) is 6.07 Å². The first-order chi connectivity index (χ1) is 6.22. The van der Waals surface area contributed by atoms with Crippen molar-refractivity contribution in [2.24, 2.45) is 0 Å². The molecule has 0 heterocycles. The summed E-state index contributed by atoms with van der Waals surface area (Å²) >= 11 is 3.99. The molecule has 13 heavy (non-hydrogen) atoms. The third kappa shape index (κ3) is 1.76.